The Labute approximate surface area is 208 Å². The van der Waals surface area contributed by atoms with E-state index in [4.69, 9.17) is 14.6 Å². The number of nitrogens with zero attached hydrogens (tertiary/aromatic N) is 3. The molecule has 35 heavy (non-hydrogen) atoms. The molecule has 0 unspecified atom stereocenters. The van der Waals surface area contributed by atoms with E-state index < -0.39 is 0 Å². The van der Waals surface area contributed by atoms with Crippen LogP contribution in [0.4, 0.5) is 0 Å². The maximum atomic E-state index is 13.5. The summed E-state index contributed by atoms with van der Waals surface area (Å²) in [7, 11) is 4.85. The Balaban J connectivity index is 1.93. The molecule has 3 rings (SSSR count). The zero-order valence-corrected chi connectivity index (χ0v) is 22.1. The number of rotatable bonds is 7. The lowest BCUT2D eigenvalue weighted by Crippen LogP contribution is -2.40. The van der Waals surface area contributed by atoms with Crippen LogP contribution in [0.15, 0.2) is 41.5 Å². The number of carbonyl (C=O) groups is 2. The van der Waals surface area contributed by atoms with Gasteiger partial charge in [-0.05, 0) is 59.7 Å². The van der Waals surface area contributed by atoms with Gasteiger partial charge in [-0.2, -0.15) is 5.10 Å². The van der Waals surface area contributed by atoms with Crippen molar-refractivity contribution >= 4 is 17.5 Å². The van der Waals surface area contributed by atoms with E-state index >= 15 is 0 Å². The molecule has 0 radical (unpaired) electrons. The van der Waals surface area contributed by atoms with Crippen LogP contribution >= 0.6 is 0 Å². The molecule has 1 heterocycles. The lowest BCUT2D eigenvalue weighted by atomic mass is 9.92. The molecule has 0 fully saturated rings. The molecular weight excluding hydrogens is 442 g/mol. The number of likely N-dealkylation sites (N-methyl/N-ethyl adjacent to an activating group) is 1. The summed E-state index contributed by atoms with van der Waals surface area (Å²) in [6, 6.07) is 11.6. The number of carbonyl (C=O) groups excluding carboxylic acids is 2. The van der Waals surface area contributed by atoms with E-state index in [9.17, 15) is 9.59 Å². The molecule has 1 aliphatic heterocycles. The van der Waals surface area contributed by atoms with E-state index in [1.807, 2.05) is 45.0 Å². The SMILES string of the molecule is COc1ccc([C@H]2CC(c3ccc(C)c(C)c3)=NN2C(=O)CN(C)C(=O)CC(C)(C)C)cc1OC. The minimum Gasteiger partial charge on any atom is -0.493 e. The van der Waals surface area contributed by atoms with Gasteiger partial charge in [0.15, 0.2) is 11.5 Å². The monoisotopic (exact) mass is 479 g/mol. The summed E-state index contributed by atoms with van der Waals surface area (Å²) in [4.78, 5) is 27.6. The van der Waals surface area contributed by atoms with E-state index in [1.54, 1.807) is 21.3 Å². The predicted octanol–water partition coefficient (Wildman–Crippen LogP) is 4.89. The maximum absolute atomic E-state index is 13.5. The first kappa shape index (κ1) is 26.3. The van der Waals surface area contributed by atoms with Crippen molar-refractivity contribution in [3.8, 4) is 11.5 Å². The normalized spacial score (nSPS) is 15.6. The van der Waals surface area contributed by atoms with Gasteiger partial charge in [-0.1, -0.05) is 39.0 Å². The number of hydrazone groups is 1. The molecule has 0 saturated heterocycles. The standard InChI is InChI=1S/C28H37N3O4/c1-18-9-10-20(13-19(18)2)22-15-23(21-11-12-24(34-7)25(14-21)35-8)31(29-22)27(33)17-30(6)26(32)16-28(3,4)5/h9-14,23H,15-17H2,1-8H3/t23-/m1/s1. The van der Waals surface area contributed by atoms with Crippen molar-refractivity contribution in [3.63, 3.8) is 0 Å². The predicted molar refractivity (Wildman–Crippen MR) is 138 cm³/mol. The Hall–Kier alpha value is -3.35. The summed E-state index contributed by atoms with van der Waals surface area (Å²) in [5.74, 6) is 0.920. The lowest BCUT2D eigenvalue weighted by Gasteiger charge is -2.27. The Morgan fingerprint density at radius 1 is 1.03 bits per heavy atom. The average Bonchev–Trinajstić information content (AvgIpc) is 3.25. The zero-order chi connectivity index (χ0) is 25.9. The molecule has 2 amide bonds. The topological polar surface area (TPSA) is 71.4 Å². The summed E-state index contributed by atoms with van der Waals surface area (Å²) >= 11 is 0. The summed E-state index contributed by atoms with van der Waals surface area (Å²) < 4.78 is 10.9. The molecule has 0 aromatic heterocycles. The molecule has 0 bridgehead atoms. The number of ether oxygens (including phenoxy) is 2. The smallest absolute Gasteiger partial charge is 0.262 e. The fourth-order valence-corrected chi connectivity index (χ4v) is 4.11. The minimum absolute atomic E-state index is 0.0393. The fourth-order valence-electron chi connectivity index (χ4n) is 4.11. The van der Waals surface area contributed by atoms with Crippen molar-refractivity contribution in [1.82, 2.24) is 9.91 Å². The number of methoxy groups -OCH3 is 2. The highest BCUT2D eigenvalue weighted by Gasteiger charge is 2.34. The van der Waals surface area contributed by atoms with Crippen LogP contribution in [0.5, 0.6) is 11.5 Å². The molecule has 1 atom stereocenters. The second-order valence-electron chi connectivity index (χ2n) is 10.4. The van der Waals surface area contributed by atoms with Crippen LogP contribution in [0.25, 0.3) is 0 Å². The zero-order valence-electron chi connectivity index (χ0n) is 22.1. The molecule has 0 saturated carbocycles. The van der Waals surface area contributed by atoms with Crippen molar-refractivity contribution in [1.29, 1.82) is 0 Å². The van der Waals surface area contributed by atoms with Crippen LogP contribution in [0.1, 0.15) is 61.9 Å². The van der Waals surface area contributed by atoms with Gasteiger partial charge in [0.1, 0.15) is 6.54 Å². The molecule has 7 nitrogen and oxygen atoms in total. The molecule has 2 aromatic rings. The first-order valence-corrected chi connectivity index (χ1v) is 11.9. The van der Waals surface area contributed by atoms with E-state index in [0.29, 0.717) is 24.3 Å². The number of hydrogen-bond donors (Lipinski definition) is 0. The van der Waals surface area contributed by atoms with E-state index in [2.05, 4.69) is 26.0 Å². The van der Waals surface area contributed by atoms with Crippen LogP contribution in [0.2, 0.25) is 0 Å². The Morgan fingerprint density at radius 2 is 1.71 bits per heavy atom. The Bertz CT molecular complexity index is 1130. The van der Waals surface area contributed by atoms with E-state index in [-0.39, 0.29) is 29.8 Å². The highest BCUT2D eigenvalue weighted by Crippen LogP contribution is 2.37. The van der Waals surface area contributed by atoms with Crippen LogP contribution < -0.4 is 9.47 Å². The number of aryl methyl sites for hydroxylation is 2. The van der Waals surface area contributed by atoms with Gasteiger partial charge >= 0.3 is 0 Å². The molecular formula is C28H37N3O4. The minimum atomic E-state index is -0.315. The number of hydrogen-bond acceptors (Lipinski definition) is 5. The second-order valence-corrected chi connectivity index (χ2v) is 10.4. The highest BCUT2D eigenvalue weighted by molar-refractivity contribution is 6.03. The summed E-state index contributed by atoms with van der Waals surface area (Å²) in [6.45, 7) is 10.1. The maximum Gasteiger partial charge on any atom is 0.262 e. The van der Waals surface area contributed by atoms with Gasteiger partial charge in [0.2, 0.25) is 5.91 Å². The van der Waals surface area contributed by atoms with Crippen LogP contribution in [0.3, 0.4) is 0 Å². The molecule has 0 aliphatic carbocycles. The van der Waals surface area contributed by atoms with Crippen LogP contribution in [0, 0.1) is 19.3 Å². The van der Waals surface area contributed by atoms with E-state index in [0.717, 1.165) is 16.8 Å². The van der Waals surface area contributed by atoms with Gasteiger partial charge in [0.05, 0.1) is 26.0 Å². The third-order valence-electron chi connectivity index (χ3n) is 6.28. The second kappa shape index (κ2) is 10.5. The largest absolute Gasteiger partial charge is 0.493 e. The molecule has 2 aromatic carbocycles. The van der Waals surface area contributed by atoms with Crippen molar-refractivity contribution in [2.45, 2.75) is 53.5 Å². The summed E-state index contributed by atoms with van der Waals surface area (Å²) in [5.41, 5.74) is 4.94. The summed E-state index contributed by atoms with van der Waals surface area (Å²) in [5, 5.41) is 6.28. The van der Waals surface area contributed by atoms with Crippen molar-refractivity contribution in [2.75, 3.05) is 27.8 Å². The van der Waals surface area contributed by atoms with Gasteiger partial charge < -0.3 is 14.4 Å². The first-order chi connectivity index (χ1) is 16.4. The average molecular weight is 480 g/mol. The molecule has 188 valence electrons. The molecule has 0 N–H and O–H groups in total. The third kappa shape index (κ3) is 6.21. The quantitative estimate of drug-likeness (QED) is 0.567. The van der Waals surface area contributed by atoms with Crippen molar-refractivity contribution in [3.05, 3.63) is 58.7 Å². The van der Waals surface area contributed by atoms with Crippen molar-refractivity contribution in [2.24, 2.45) is 10.5 Å². The third-order valence-corrected chi connectivity index (χ3v) is 6.28. The fraction of sp³-hybridized carbons (Fsp3) is 0.464. The van der Waals surface area contributed by atoms with Gasteiger partial charge in [-0.25, -0.2) is 5.01 Å². The number of benzene rings is 2. The van der Waals surface area contributed by atoms with Gasteiger partial charge in [0, 0.05) is 19.9 Å². The van der Waals surface area contributed by atoms with Gasteiger partial charge in [-0.15, -0.1) is 0 Å². The molecule has 7 heteroatoms. The van der Waals surface area contributed by atoms with Gasteiger partial charge in [0.25, 0.3) is 5.91 Å². The van der Waals surface area contributed by atoms with Crippen LogP contribution in [-0.2, 0) is 9.59 Å². The van der Waals surface area contributed by atoms with Crippen molar-refractivity contribution < 1.29 is 19.1 Å². The molecule has 1 aliphatic rings. The van der Waals surface area contributed by atoms with E-state index in [1.165, 1.54) is 21.0 Å². The summed E-state index contributed by atoms with van der Waals surface area (Å²) in [6.07, 6.45) is 0.927. The Morgan fingerprint density at radius 3 is 2.31 bits per heavy atom. The van der Waals surface area contributed by atoms with Crippen LogP contribution in [-0.4, -0.2) is 55.2 Å². The molecule has 0 spiro atoms. The number of amides is 2. The highest BCUT2D eigenvalue weighted by atomic mass is 16.5. The van der Waals surface area contributed by atoms with Gasteiger partial charge in [-0.3, -0.25) is 9.59 Å². The Kier molecular flexibility index (Phi) is 7.88. The lowest BCUT2D eigenvalue weighted by molar-refractivity contribution is -0.141. The first-order valence-electron chi connectivity index (χ1n) is 11.9.